The number of furan rings is 1. The summed E-state index contributed by atoms with van der Waals surface area (Å²) in [4.78, 5) is 2.37. The Morgan fingerprint density at radius 3 is 2.94 bits per heavy atom. The maximum Gasteiger partial charge on any atom is 0.118 e. The molecule has 0 amide bonds. The van der Waals surface area contributed by atoms with E-state index in [0.717, 1.165) is 37.2 Å². The third kappa shape index (κ3) is 4.14. The van der Waals surface area contributed by atoms with Crippen LogP contribution in [0.15, 0.2) is 16.7 Å². The molecule has 2 rings (SSSR count). The topological polar surface area (TPSA) is 28.4 Å². The van der Waals surface area contributed by atoms with Crippen molar-refractivity contribution in [2.24, 2.45) is 11.8 Å². The summed E-state index contributed by atoms with van der Waals surface area (Å²) < 4.78 is 5.61. The predicted molar refractivity (Wildman–Crippen MR) is 74.3 cm³/mol. The van der Waals surface area contributed by atoms with Crippen LogP contribution in [0.2, 0.25) is 0 Å². The zero-order valence-corrected chi connectivity index (χ0v) is 11.9. The summed E-state index contributed by atoms with van der Waals surface area (Å²) in [5.41, 5.74) is 1.26. The standard InChI is InChI=1S/C15H26N2O/c1-4-5-16-8-13-7-15(18-11-13)10-17(3)9-14-6-12(14)2/h7,11-12,14,16H,4-6,8-10H2,1-3H3. The Kier molecular flexibility index (Phi) is 4.84. The molecular formula is C15H26N2O. The molecule has 3 nitrogen and oxygen atoms in total. The van der Waals surface area contributed by atoms with Crippen molar-refractivity contribution in [1.82, 2.24) is 10.2 Å². The van der Waals surface area contributed by atoms with Gasteiger partial charge >= 0.3 is 0 Å². The van der Waals surface area contributed by atoms with Crippen molar-refractivity contribution >= 4 is 0 Å². The fourth-order valence-electron chi connectivity index (χ4n) is 2.40. The van der Waals surface area contributed by atoms with E-state index in [0.29, 0.717) is 0 Å². The molecule has 1 aliphatic carbocycles. The largest absolute Gasteiger partial charge is 0.468 e. The molecule has 2 unspecified atom stereocenters. The summed E-state index contributed by atoms with van der Waals surface area (Å²) in [7, 11) is 2.18. The number of nitrogens with one attached hydrogen (secondary N) is 1. The highest BCUT2D eigenvalue weighted by atomic mass is 16.3. The van der Waals surface area contributed by atoms with Gasteiger partial charge in [-0.2, -0.15) is 0 Å². The van der Waals surface area contributed by atoms with E-state index in [1.807, 2.05) is 6.26 Å². The lowest BCUT2D eigenvalue weighted by molar-refractivity contribution is 0.280. The third-order valence-corrected chi connectivity index (χ3v) is 3.71. The Bertz CT molecular complexity index is 361. The maximum absolute atomic E-state index is 5.61. The van der Waals surface area contributed by atoms with Crippen LogP contribution in [0.3, 0.4) is 0 Å². The molecule has 1 heterocycles. The van der Waals surface area contributed by atoms with Gasteiger partial charge in [-0.3, -0.25) is 4.90 Å². The molecule has 1 aromatic heterocycles. The molecule has 0 saturated heterocycles. The van der Waals surface area contributed by atoms with Gasteiger partial charge in [0.05, 0.1) is 12.8 Å². The van der Waals surface area contributed by atoms with Crippen LogP contribution in [0.4, 0.5) is 0 Å². The van der Waals surface area contributed by atoms with Crippen molar-refractivity contribution in [2.75, 3.05) is 20.1 Å². The smallest absolute Gasteiger partial charge is 0.118 e. The number of rotatable bonds is 8. The molecule has 0 spiro atoms. The van der Waals surface area contributed by atoms with Crippen molar-refractivity contribution in [1.29, 1.82) is 0 Å². The van der Waals surface area contributed by atoms with Crippen molar-refractivity contribution in [3.8, 4) is 0 Å². The second kappa shape index (κ2) is 6.39. The molecule has 102 valence electrons. The van der Waals surface area contributed by atoms with E-state index in [-0.39, 0.29) is 0 Å². The molecule has 1 aliphatic rings. The van der Waals surface area contributed by atoms with Gasteiger partial charge in [0.25, 0.3) is 0 Å². The van der Waals surface area contributed by atoms with E-state index in [9.17, 15) is 0 Å². The van der Waals surface area contributed by atoms with Crippen LogP contribution in [0.25, 0.3) is 0 Å². The van der Waals surface area contributed by atoms with Crippen LogP contribution in [0.5, 0.6) is 0 Å². The van der Waals surface area contributed by atoms with Gasteiger partial charge in [0.15, 0.2) is 0 Å². The molecular weight excluding hydrogens is 224 g/mol. The summed E-state index contributed by atoms with van der Waals surface area (Å²) in [6, 6.07) is 2.18. The van der Waals surface area contributed by atoms with E-state index in [2.05, 4.69) is 37.2 Å². The Hall–Kier alpha value is -0.800. The summed E-state index contributed by atoms with van der Waals surface area (Å²) in [5, 5.41) is 3.39. The zero-order chi connectivity index (χ0) is 13.0. The second-order valence-electron chi connectivity index (χ2n) is 5.77. The van der Waals surface area contributed by atoms with E-state index < -0.39 is 0 Å². The highest BCUT2D eigenvalue weighted by molar-refractivity contribution is 5.12. The minimum absolute atomic E-state index is 0.913. The molecule has 0 bridgehead atoms. The third-order valence-electron chi connectivity index (χ3n) is 3.71. The van der Waals surface area contributed by atoms with Crippen LogP contribution in [-0.4, -0.2) is 25.0 Å². The van der Waals surface area contributed by atoms with Crippen LogP contribution >= 0.6 is 0 Å². The summed E-state index contributed by atoms with van der Waals surface area (Å²) in [6.45, 7) is 8.63. The first-order valence-corrected chi connectivity index (χ1v) is 7.14. The fraction of sp³-hybridized carbons (Fsp3) is 0.733. The van der Waals surface area contributed by atoms with Crippen LogP contribution in [0, 0.1) is 11.8 Å². The van der Waals surface area contributed by atoms with Crippen molar-refractivity contribution in [2.45, 2.75) is 39.8 Å². The lowest BCUT2D eigenvalue weighted by Crippen LogP contribution is -2.20. The monoisotopic (exact) mass is 250 g/mol. The first kappa shape index (κ1) is 13.6. The van der Waals surface area contributed by atoms with Gasteiger partial charge in [-0.15, -0.1) is 0 Å². The minimum Gasteiger partial charge on any atom is -0.468 e. The minimum atomic E-state index is 0.913. The molecule has 0 aromatic carbocycles. The first-order valence-electron chi connectivity index (χ1n) is 7.14. The van der Waals surface area contributed by atoms with Gasteiger partial charge in [-0.05, 0) is 44.3 Å². The Morgan fingerprint density at radius 2 is 2.28 bits per heavy atom. The zero-order valence-electron chi connectivity index (χ0n) is 11.9. The van der Waals surface area contributed by atoms with Gasteiger partial charge < -0.3 is 9.73 Å². The molecule has 1 aromatic rings. The summed E-state index contributed by atoms with van der Waals surface area (Å²) >= 11 is 0. The lowest BCUT2D eigenvalue weighted by Gasteiger charge is -2.14. The fourth-order valence-corrected chi connectivity index (χ4v) is 2.40. The summed E-state index contributed by atoms with van der Waals surface area (Å²) in [6.07, 6.45) is 4.45. The number of hydrogen-bond donors (Lipinski definition) is 1. The first-order chi connectivity index (χ1) is 8.69. The molecule has 1 fully saturated rings. The van der Waals surface area contributed by atoms with Crippen molar-refractivity contribution in [3.63, 3.8) is 0 Å². The highest BCUT2D eigenvalue weighted by Gasteiger charge is 2.33. The van der Waals surface area contributed by atoms with Crippen LogP contribution in [-0.2, 0) is 13.1 Å². The molecule has 1 saturated carbocycles. The van der Waals surface area contributed by atoms with E-state index >= 15 is 0 Å². The Labute approximate surface area is 111 Å². The SMILES string of the molecule is CCCNCc1coc(CN(C)CC2CC2C)c1. The number of nitrogens with zero attached hydrogens (tertiary/aromatic N) is 1. The van der Waals surface area contributed by atoms with Crippen LogP contribution < -0.4 is 5.32 Å². The van der Waals surface area contributed by atoms with Gasteiger partial charge in [-0.1, -0.05) is 13.8 Å². The highest BCUT2D eigenvalue weighted by Crippen LogP contribution is 2.38. The molecule has 0 aliphatic heterocycles. The number of hydrogen-bond acceptors (Lipinski definition) is 3. The van der Waals surface area contributed by atoms with Gasteiger partial charge in [-0.25, -0.2) is 0 Å². The summed E-state index contributed by atoms with van der Waals surface area (Å²) in [5.74, 6) is 2.92. The van der Waals surface area contributed by atoms with Crippen molar-refractivity contribution in [3.05, 3.63) is 23.7 Å². The lowest BCUT2D eigenvalue weighted by atomic mass is 10.2. The average Bonchev–Trinajstić information content (AvgIpc) is 2.84. The van der Waals surface area contributed by atoms with Crippen LogP contribution in [0.1, 0.15) is 38.0 Å². The van der Waals surface area contributed by atoms with E-state index in [4.69, 9.17) is 4.42 Å². The molecule has 1 N–H and O–H groups in total. The van der Waals surface area contributed by atoms with Gasteiger partial charge in [0, 0.05) is 18.7 Å². The van der Waals surface area contributed by atoms with Gasteiger partial charge in [0.2, 0.25) is 0 Å². The van der Waals surface area contributed by atoms with E-state index in [1.54, 1.807) is 0 Å². The van der Waals surface area contributed by atoms with Gasteiger partial charge in [0.1, 0.15) is 5.76 Å². The van der Waals surface area contributed by atoms with Crippen molar-refractivity contribution < 1.29 is 4.42 Å². The molecule has 0 radical (unpaired) electrons. The van der Waals surface area contributed by atoms with E-state index in [1.165, 1.54) is 24.9 Å². The second-order valence-corrected chi connectivity index (χ2v) is 5.77. The predicted octanol–water partition coefficient (Wildman–Crippen LogP) is 2.87. The molecule has 3 heteroatoms. The quantitative estimate of drug-likeness (QED) is 0.719. The molecule has 2 atom stereocenters. The Morgan fingerprint density at radius 1 is 1.50 bits per heavy atom. The average molecular weight is 250 g/mol. The Balaban J connectivity index is 1.71. The maximum atomic E-state index is 5.61. The normalized spacial score (nSPS) is 22.7. The molecule has 18 heavy (non-hydrogen) atoms.